The topological polar surface area (TPSA) is 113 Å². The van der Waals surface area contributed by atoms with Gasteiger partial charge in [-0.1, -0.05) is 26.7 Å². The molecule has 2 aliphatic heterocycles. The van der Waals surface area contributed by atoms with Crippen molar-refractivity contribution in [3.8, 4) is 0 Å². The van der Waals surface area contributed by atoms with Crippen LogP contribution in [0.5, 0.6) is 0 Å². The number of fused-ring (bicyclic) bond motifs is 1. The molecule has 0 spiro atoms. The van der Waals surface area contributed by atoms with Gasteiger partial charge in [0.1, 0.15) is 6.04 Å². The molecule has 5 atom stereocenters. The van der Waals surface area contributed by atoms with E-state index in [1.165, 1.54) is 0 Å². The van der Waals surface area contributed by atoms with Gasteiger partial charge in [-0.05, 0) is 18.8 Å². The van der Waals surface area contributed by atoms with Crippen molar-refractivity contribution >= 4 is 29.6 Å². The summed E-state index contributed by atoms with van der Waals surface area (Å²) in [6.45, 7) is 3.88. The molecule has 2 rings (SSSR count). The summed E-state index contributed by atoms with van der Waals surface area (Å²) in [5, 5.41) is 9.06. The Hall–Kier alpha value is -1.44. The molecular weight excluding hydrogens is 328 g/mol. The predicted molar refractivity (Wildman–Crippen MR) is 94.5 cm³/mol. The van der Waals surface area contributed by atoms with Crippen LogP contribution in [0, 0.1) is 5.92 Å². The van der Waals surface area contributed by atoms with E-state index in [4.69, 9.17) is 5.73 Å². The third-order valence-electron chi connectivity index (χ3n) is 4.92. The quantitative estimate of drug-likeness (QED) is 0.360. The molecule has 0 aromatic carbocycles. The number of rotatable bonds is 9. The maximum Gasteiger partial charge on any atom is 0.315 e. The highest BCUT2D eigenvalue weighted by Gasteiger charge is 2.42. The lowest BCUT2D eigenvalue weighted by molar-refractivity contribution is -0.128. The Morgan fingerprint density at radius 2 is 2.12 bits per heavy atom. The van der Waals surface area contributed by atoms with E-state index in [9.17, 15) is 14.4 Å². The minimum absolute atomic E-state index is 0.0387. The molecule has 2 saturated heterocycles. The molecule has 7 nitrogen and oxygen atoms in total. The van der Waals surface area contributed by atoms with Crippen LogP contribution in [0.2, 0.25) is 0 Å². The molecule has 0 radical (unpaired) electrons. The van der Waals surface area contributed by atoms with Gasteiger partial charge in [0.25, 0.3) is 0 Å². The molecule has 2 fully saturated rings. The molecular formula is C16H28N4O3S. The number of carbonyl (C=O) groups excluding carboxylic acids is 3. The Kier molecular flexibility index (Phi) is 6.77. The molecule has 0 aromatic rings. The number of thioether (sulfide) groups is 1. The van der Waals surface area contributed by atoms with Crippen molar-refractivity contribution in [2.24, 2.45) is 11.7 Å². The summed E-state index contributed by atoms with van der Waals surface area (Å²) in [6.07, 6.45) is 3.86. The highest BCUT2D eigenvalue weighted by molar-refractivity contribution is 8.00. The number of nitrogens with one attached hydrogen (secondary N) is 3. The Bertz CT molecular complexity index is 488. The van der Waals surface area contributed by atoms with E-state index < -0.39 is 11.9 Å². The van der Waals surface area contributed by atoms with Crippen molar-refractivity contribution in [1.82, 2.24) is 16.0 Å². The average molecular weight is 356 g/mol. The van der Waals surface area contributed by atoms with Crippen LogP contribution in [-0.2, 0) is 9.59 Å². The molecule has 2 aliphatic rings. The van der Waals surface area contributed by atoms with Crippen LogP contribution in [0.3, 0.4) is 0 Å². The molecule has 0 aromatic heterocycles. The van der Waals surface area contributed by atoms with E-state index in [0.29, 0.717) is 11.7 Å². The highest BCUT2D eigenvalue weighted by Crippen LogP contribution is 2.33. The van der Waals surface area contributed by atoms with Crippen LogP contribution < -0.4 is 21.7 Å². The zero-order valence-electron chi connectivity index (χ0n) is 14.3. The Labute approximate surface area is 147 Å². The SMILES string of the molecule is CC[C@H](C)[C@H](NC(=O)CCCC[C@@H]1SC[C@@H]2NC(=O)N[C@@H]21)C(N)=O. The Balaban J connectivity index is 1.66. The second-order valence-corrected chi connectivity index (χ2v) is 7.97. The Morgan fingerprint density at radius 3 is 2.79 bits per heavy atom. The molecule has 0 bridgehead atoms. The van der Waals surface area contributed by atoms with Crippen LogP contribution in [0.1, 0.15) is 46.0 Å². The van der Waals surface area contributed by atoms with Gasteiger partial charge in [-0.25, -0.2) is 4.79 Å². The standard InChI is InChI=1S/C16H28N4O3S/c1-3-9(2)13(15(17)22)19-12(21)7-5-4-6-11-14-10(8-24-11)18-16(23)20-14/h9-11,13-14H,3-8H2,1-2H3,(H2,17,22)(H,19,21)(H2,18,20,23)/t9-,10-,11-,13-,14-/m0/s1. The van der Waals surface area contributed by atoms with Crippen molar-refractivity contribution in [1.29, 1.82) is 0 Å². The van der Waals surface area contributed by atoms with Gasteiger partial charge in [-0.2, -0.15) is 11.8 Å². The largest absolute Gasteiger partial charge is 0.368 e. The number of hydrogen-bond acceptors (Lipinski definition) is 4. The number of hydrogen-bond donors (Lipinski definition) is 4. The van der Waals surface area contributed by atoms with Crippen LogP contribution in [0.15, 0.2) is 0 Å². The number of urea groups is 1. The fourth-order valence-corrected chi connectivity index (χ4v) is 4.79. The first kappa shape index (κ1) is 18.9. The number of primary amides is 1. The van der Waals surface area contributed by atoms with Crippen LogP contribution >= 0.6 is 11.8 Å². The number of amides is 4. The zero-order valence-corrected chi connectivity index (χ0v) is 15.2. The molecule has 24 heavy (non-hydrogen) atoms. The van der Waals surface area contributed by atoms with Gasteiger partial charge < -0.3 is 21.7 Å². The van der Waals surface area contributed by atoms with Crippen molar-refractivity contribution in [3.05, 3.63) is 0 Å². The molecule has 4 amide bonds. The number of nitrogens with two attached hydrogens (primary N) is 1. The lowest BCUT2D eigenvalue weighted by Gasteiger charge is -2.21. The molecule has 0 unspecified atom stereocenters. The summed E-state index contributed by atoms with van der Waals surface area (Å²) < 4.78 is 0. The summed E-state index contributed by atoms with van der Waals surface area (Å²) in [7, 11) is 0. The van der Waals surface area contributed by atoms with Gasteiger partial charge in [0, 0.05) is 17.4 Å². The normalized spacial score (nSPS) is 27.8. The van der Waals surface area contributed by atoms with Crippen molar-refractivity contribution < 1.29 is 14.4 Å². The van der Waals surface area contributed by atoms with Crippen LogP contribution in [-0.4, -0.2) is 47.0 Å². The van der Waals surface area contributed by atoms with Crippen LogP contribution in [0.25, 0.3) is 0 Å². The fourth-order valence-electron chi connectivity index (χ4n) is 3.25. The summed E-state index contributed by atoms with van der Waals surface area (Å²) in [4.78, 5) is 34.8. The minimum atomic E-state index is -0.589. The summed E-state index contributed by atoms with van der Waals surface area (Å²) in [5.74, 6) is 0.392. The van der Waals surface area contributed by atoms with Crippen molar-refractivity contribution in [2.45, 2.75) is 69.3 Å². The molecule has 0 saturated carbocycles. The molecule has 5 N–H and O–H groups in total. The molecule has 136 valence electrons. The second-order valence-electron chi connectivity index (χ2n) is 6.70. The molecule has 2 heterocycles. The summed E-state index contributed by atoms with van der Waals surface area (Å²) in [5.41, 5.74) is 5.36. The number of unbranched alkanes of at least 4 members (excludes halogenated alkanes) is 1. The van der Waals surface area contributed by atoms with Gasteiger partial charge in [-0.3, -0.25) is 9.59 Å². The van der Waals surface area contributed by atoms with Crippen LogP contribution in [0.4, 0.5) is 4.79 Å². The average Bonchev–Trinajstić information content (AvgIpc) is 3.07. The molecule has 8 heteroatoms. The first-order chi connectivity index (χ1) is 11.4. The summed E-state index contributed by atoms with van der Waals surface area (Å²) in [6, 6.07) is -0.214. The van der Waals surface area contributed by atoms with Crippen molar-refractivity contribution in [3.63, 3.8) is 0 Å². The lowest BCUT2D eigenvalue weighted by Crippen LogP contribution is -2.48. The van der Waals surface area contributed by atoms with E-state index in [1.54, 1.807) is 0 Å². The number of carbonyl (C=O) groups is 3. The lowest BCUT2D eigenvalue weighted by atomic mass is 9.98. The second kappa shape index (κ2) is 8.60. The smallest absolute Gasteiger partial charge is 0.315 e. The monoisotopic (exact) mass is 356 g/mol. The highest BCUT2D eigenvalue weighted by atomic mass is 32.2. The van der Waals surface area contributed by atoms with Gasteiger partial charge in [0.05, 0.1) is 12.1 Å². The third kappa shape index (κ3) is 4.78. The van der Waals surface area contributed by atoms with Gasteiger partial charge >= 0.3 is 6.03 Å². The maximum absolute atomic E-state index is 12.0. The van der Waals surface area contributed by atoms with E-state index in [-0.39, 0.29) is 29.9 Å². The predicted octanol–water partition coefficient (Wildman–Crippen LogP) is 0.728. The third-order valence-corrected chi connectivity index (χ3v) is 6.43. The van der Waals surface area contributed by atoms with E-state index in [0.717, 1.165) is 31.4 Å². The Morgan fingerprint density at radius 1 is 1.38 bits per heavy atom. The van der Waals surface area contributed by atoms with E-state index in [2.05, 4.69) is 16.0 Å². The first-order valence-corrected chi connectivity index (χ1v) is 9.74. The van der Waals surface area contributed by atoms with Gasteiger partial charge in [0.15, 0.2) is 0 Å². The van der Waals surface area contributed by atoms with E-state index in [1.807, 2.05) is 25.6 Å². The van der Waals surface area contributed by atoms with E-state index >= 15 is 0 Å². The maximum atomic E-state index is 12.0. The van der Waals surface area contributed by atoms with Gasteiger partial charge in [0.2, 0.25) is 11.8 Å². The first-order valence-electron chi connectivity index (χ1n) is 8.69. The van der Waals surface area contributed by atoms with Crippen molar-refractivity contribution in [2.75, 3.05) is 5.75 Å². The fraction of sp³-hybridized carbons (Fsp3) is 0.812. The minimum Gasteiger partial charge on any atom is -0.368 e. The zero-order chi connectivity index (χ0) is 17.7. The summed E-state index contributed by atoms with van der Waals surface area (Å²) >= 11 is 1.88. The molecule has 0 aliphatic carbocycles. The van der Waals surface area contributed by atoms with Gasteiger partial charge in [-0.15, -0.1) is 0 Å².